The van der Waals surface area contributed by atoms with Gasteiger partial charge in [0.15, 0.2) is 6.29 Å². The molecular formula is C12H28O4. The van der Waals surface area contributed by atoms with Crippen molar-refractivity contribution in [2.75, 3.05) is 13.2 Å². The van der Waals surface area contributed by atoms with Gasteiger partial charge >= 0.3 is 0 Å². The maximum absolute atomic E-state index is 8.67. The summed E-state index contributed by atoms with van der Waals surface area (Å²) in [5.41, 5.74) is 0. The summed E-state index contributed by atoms with van der Waals surface area (Å²) in [5.74, 6) is 0.117. The van der Waals surface area contributed by atoms with Gasteiger partial charge in [-0.2, -0.15) is 0 Å². The van der Waals surface area contributed by atoms with Gasteiger partial charge in [0.05, 0.1) is 0 Å². The van der Waals surface area contributed by atoms with Crippen LogP contribution in [0.1, 0.15) is 52.4 Å². The average molecular weight is 236 g/mol. The number of unbranched alkanes of at least 4 members (excludes halogenated alkanes) is 2. The van der Waals surface area contributed by atoms with Crippen LogP contribution in [-0.2, 0) is 0 Å². The van der Waals surface area contributed by atoms with Crippen LogP contribution in [0.15, 0.2) is 0 Å². The molecule has 0 bridgehead atoms. The van der Waals surface area contributed by atoms with Crippen LogP contribution in [0.3, 0.4) is 0 Å². The molecule has 0 aliphatic carbocycles. The fraction of sp³-hybridized carbons (Fsp3) is 1.00. The lowest BCUT2D eigenvalue weighted by atomic mass is 10.0. The van der Waals surface area contributed by atoms with Gasteiger partial charge in [-0.1, -0.05) is 39.5 Å². The summed E-state index contributed by atoms with van der Waals surface area (Å²) < 4.78 is 0. The molecule has 0 aromatic heterocycles. The van der Waals surface area contributed by atoms with Gasteiger partial charge in [0.1, 0.15) is 0 Å². The van der Waals surface area contributed by atoms with Crippen LogP contribution in [0.2, 0.25) is 0 Å². The zero-order chi connectivity index (χ0) is 12.8. The number of aliphatic hydroxyl groups is 4. The van der Waals surface area contributed by atoms with Crippen molar-refractivity contribution in [2.45, 2.75) is 58.7 Å². The van der Waals surface area contributed by atoms with E-state index in [1.54, 1.807) is 0 Å². The predicted octanol–water partition coefficient (Wildman–Crippen LogP) is 1.26. The lowest BCUT2D eigenvalue weighted by Crippen LogP contribution is -2.10. The minimum Gasteiger partial charge on any atom is -0.396 e. The zero-order valence-electron chi connectivity index (χ0n) is 10.6. The van der Waals surface area contributed by atoms with Crippen molar-refractivity contribution in [1.29, 1.82) is 0 Å². The van der Waals surface area contributed by atoms with E-state index in [0.29, 0.717) is 6.42 Å². The molecule has 16 heavy (non-hydrogen) atoms. The van der Waals surface area contributed by atoms with Crippen LogP contribution in [-0.4, -0.2) is 39.9 Å². The van der Waals surface area contributed by atoms with Crippen molar-refractivity contribution in [1.82, 2.24) is 0 Å². The van der Waals surface area contributed by atoms with Gasteiger partial charge in [0.25, 0.3) is 0 Å². The zero-order valence-corrected chi connectivity index (χ0v) is 10.6. The van der Waals surface area contributed by atoms with Crippen LogP contribution >= 0.6 is 0 Å². The highest BCUT2D eigenvalue weighted by Crippen LogP contribution is 2.07. The lowest BCUT2D eigenvalue weighted by molar-refractivity contribution is -0.0453. The first-order valence-electron chi connectivity index (χ1n) is 6.20. The van der Waals surface area contributed by atoms with Crippen molar-refractivity contribution < 1.29 is 20.4 Å². The Hall–Kier alpha value is -0.160. The smallest absolute Gasteiger partial charge is 0.151 e. The standard InChI is InChI=1S/C8H18O2.C4H10O2/c1-2-3-4-5-8(6-9)7-10;1-2-3-4(5)6/h8-10H,2-7H2,1H3;4-6H,2-3H2,1H3. The third kappa shape index (κ3) is 16.3. The predicted molar refractivity (Wildman–Crippen MR) is 64.9 cm³/mol. The van der Waals surface area contributed by atoms with Crippen LogP contribution in [0, 0.1) is 5.92 Å². The molecule has 4 nitrogen and oxygen atoms in total. The Labute approximate surface area is 98.9 Å². The normalized spacial score (nSPS) is 10.5. The molecule has 0 aromatic carbocycles. The second-order valence-corrected chi connectivity index (χ2v) is 4.00. The highest BCUT2D eigenvalue weighted by atomic mass is 16.5. The van der Waals surface area contributed by atoms with E-state index in [1.165, 1.54) is 12.8 Å². The molecule has 0 rings (SSSR count). The lowest BCUT2D eigenvalue weighted by Gasteiger charge is -2.08. The molecule has 100 valence electrons. The first-order chi connectivity index (χ1) is 7.62. The van der Waals surface area contributed by atoms with E-state index in [0.717, 1.165) is 19.3 Å². The largest absolute Gasteiger partial charge is 0.396 e. The Balaban J connectivity index is 0. The van der Waals surface area contributed by atoms with E-state index >= 15 is 0 Å². The van der Waals surface area contributed by atoms with E-state index in [2.05, 4.69) is 6.92 Å². The van der Waals surface area contributed by atoms with Crippen molar-refractivity contribution in [2.24, 2.45) is 5.92 Å². The van der Waals surface area contributed by atoms with E-state index in [4.69, 9.17) is 20.4 Å². The summed E-state index contributed by atoms with van der Waals surface area (Å²) >= 11 is 0. The Bertz CT molecular complexity index is 114. The highest BCUT2D eigenvalue weighted by molar-refractivity contribution is 4.54. The quantitative estimate of drug-likeness (QED) is 0.378. The molecule has 4 N–H and O–H groups in total. The van der Waals surface area contributed by atoms with Crippen molar-refractivity contribution in [3.63, 3.8) is 0 Å². The van der Waals surface area contributed by atoms with Crippen LogP contribution in [0.5, 0.6) is 0 Å². The Morgan fingerprint density at radius 1 is 0.812 bits per heavy atom. The number of rotatable bonds is 8. The monoisotopic (exact) mass is 236 g/mol. The molecule has 0 saturated carbocycles. The van der Waals surface area contributed by atoms with Gasteiger partial charge in [-0.3, -0.25) is 0 Å². The SMILES string of the molecule is CCCC(O)O.CCCCCC(CO)CO. The number of aliphatic hydroxyl groups excluding tert-OH is 3. The average Bonchev–Trinajstić information content (AvgIpc) is 2.25. The molecule has 0 unspecified atom stereocenters. The molecule has 0 aliphatic heterocycles. The molecule has 0 saturated heterocycles. The molecule has 0 radical (unpaired) electrons. The van der Waals surface area contributed by atoms with Crippen LogP contribution < -0.4 is 0 Å². The number of hydrogen-bond donors (Lipinski definition) is 4. The van der Waals surface area contributed by atoms with Gasteiger partial charge in [-0.05, 0) is 12.8 Å². The fourth-order valence-corrected chi connectivity index (χ4v) is 1.18. The second-order valence-electron chi connectivity index (χ2n) is 4.00. The van der Waals surface area contributed by atoms with Gasteiger partial charge in [-0.15, -0.1) is 0 Å². The Morgan fingerprint density at radius 3 is 1.62 bits per heavy atom. The first-order valence-corrected chi connectivity index (χ1v) is 6.20. The third-order valence-corrected chi connectivity index (χ3v) is 2.28. The van der Waals surface area contributed by atoms with E-state index in [-0.39, 0.29) is 19.1 Å². The first kappa shape index (κ1) is 18.2. The summed E-state index contributed by atoms with van der Waals surface area (Å²) in [7, 11) is 0. The van der Waals surface area contributed by atoms with E-state index < -0.39 is 6.29 Å². The highest BCUT2D eigenvalue weighted by Gasteiger charge is 2.03. The summed E-state index contributed by atoms with van der Waals surface area (Å²) in [6, 6.07) is 0. The van der Waals surface area contributed by atoms with Crippen molar-refractivity contribution in [3.8, 4) is 0 Å². The third-order valence-electron chi connectivity index (χ3n) is 2.28. The summed E-state index contributed by atoms with van der Waals surface area (Å²) in [6.45, 7) is 4.30. The van der Waals surface area contributed by atoms with Gasteiger partial charge in [0.2, 0.25) is 0 Å². The molecule has 0 amide bonds. The van der Waals surface area contributed by atoms with Crippen LogP contribution in [0.25, 0.3) is 0 Å². The van der Waals surface area contributed by atoms with E-state index in [9.17, 15) is 0 Å². The van der Waals surface area contributed by atoms with E-state index in [1.807, 2.05) is 6.92 Å². The molecule has 0 spiro atoms. The second kappa shape index (κ2) is 14.8. The molecular weight excluding hydrogens is 208 g/mol. The fourth-order valence-electron chi connectivity index (χ4n) is 1.18. The summed E-state index contributed by atoms with van der Waals surface area (Å²) in [4.78, 5) is 0. The Morgan fingerprint density at radius 2 is 1.38 bits per heavy atom. The maximum atomic E-state index is 8.67. The molecule has 0 atom stereocenters. The van der Waals surface area contributed by atoms with Crippen molar-refractivity contribution in [3.05, 3.63) is 0 Å². The maximum Gasteiger partial charge on any atom is 0.151 e. The van der Waals surface area contributed by atoms with Gasteiger partial charge < -0.3 is 20.4 Å². The topological polar surface area (TPSA) is 80.9 Å². The van der Waals surface area contributed by atoms with Gasteiger partial charge in [-0.25, -0.2) is 0 Å². The van der Waals surface area contributed by atoms with Crippen molar-refractivity contribution >= 4 is 0 Å². The minimum atomic E-state index is -1.10. The van der Waals surface area contributed by atoms with Gasteiger partial charge in [0, 0.05) is 19.1 Å². The summed E-state index contributed by atoms with van der Waals surface area (Å²) in [6.07, 6.45) is 4.70. The molecule has 0 fully saturated rings. The summed E-state index contributed by atoms with van der Waals surface area (Å²) in [5, 5.41) is 33.5. The van der Waals surface area contributed by atoms with Crippen LogP contribution in [0.4, 0.5) is 0 Å². The minimum absolute atomic E-state index is 0.117. The Kier molecular flexibility index (Phi) is 16.9. The molecule has 0 heterocycles. The molecule has 0 aliphatic rings. The molecule has 4 heteroatoms. The molecule has 0 aromatic rings. The number of hydrogen-bond acceptors (Lipinski definition) is 4.